The second-order valence-corrected chi connectivity index (χ2v) is 6.61. The predicted molar refractivity (Wildman–Crippen MR) is 105 cm³/mol. The van der Waals surface area contributed by atoms with Crippen LogP contribution in [0.1, 0.15) is 15.9 Å². The van der Waals surface area contributed by atoms with Crippen LogP contribution < -0.4 is 10.7 Å². The summed E-state index contributed by atoms with van der Waals surface area (Å²) in [5.74, 6) is -0.718. The molecule has 132 valence electrons. The SMILES string of the molecule is Cn1cc(/C=N/NC(=O)CNC(=O)c2cccc(Br)c2)c2ccccc21. The highest BCUT2D eigenvalue weighted by Crippen LogP contribution is 2.18. The largest absolute Gasteiger partial charge is 0.350 e. The summed E-state index contributed by atoms with van der Waals surface area (Å²) >= 11 is 3.31. The Morgan fingerprint density at radius 3 is 2.81 bits per heavy atom. The van der Waals surface area contributed by atoms with Crippen molar-refractivity contribution in [2.75, 3.05) is 6.54 Å². The first-order chi connectivity index (χ1) is 12.5. The van der Waals surface area contributed by atoms with Crippen LogP contribution in [0, 0.1) is 0 Å². The highest BCUT2D eigenvalue weighted by molar-refractivity contribution is 9.10. The molecule has 0 spiro atoms. The predicted octanol–water partition coefficient (Wildman–Crippen LogP) is 2.82. The molecule has 1 heterocycles. The number of amides is 2. The second-order valence-electron chi connectivity index (χ2n) is 5.70. The van der Waals surface area contributed by atoms with Gasteiger partial charge in [0.2, 0.25) is 0 Å². The lowest BCUT2D eigenvalue weighted by Gasteiger charge is -2.04. The molecule has 0 aliphatic heterocycles. The van der Waals surface area contributed by atoms with Crippen LogP contribution in [0.2, 0.25) is 0 Å². The van der Waals surface area contributed by atoms with Crippen LogP contribution >= 0.6 is 15.9 Å². The smallest absolute Gasteiger partial charge is 0.259 e. The van der Waals surface area contributed by atoms with Crippen LogP contribution in [0.5, 0.6) is 0 Å². The van der Waals surface area contributed by atoms with Crippen molar-refractivity contribution in [1.82, 2.24) is 15.3 Å². The van der Waals surface area contributed by atoms with Gasteiger partial charge < -0.3 is 9.88 Å². The Hall–Kier alpha value is -2.93. The fraction of sp³-hybridized carbons (Fsp3) is 0.105. The molecular weight excluding hydrogens is 396 g/mol. The molecule has 0 radical (unpaired) electrons. The number of para-hydroxylation sites is 1. The highest BCUT2D eigenvalue weighted by atomic mass is 79.9. The fourth-order valence-electron chi connectivity index (χ4n) is 2.58. The van der Waals surface area contributed by atoms with E-state index < -0.39 is 5.91 Å². The Balaban J connectivity index is 1.55. The molecule has 0 unspecified atom stereocenters. The zero-order chi connectivity index (χ0) is 18.5. The molecule has 0 bridgehead atoms. The number of halogens is 1. The van der Waals surface area contributed by atoms with Gasteiger partial charge in [0, 0.05) is 39.7 Å². The van der Waals surface area contributed by atoms with Crippen LogP contribution in [-0.4, -0.2) is 29.1 Å². The van der Waals surface area contributed by atoms with Gasteiger partial charge in [-0.05, 0) is 24.3 Å². The van der Waals surface area contributed by atoms with E-state index in [9.17, 15) is 9.59 Å². The number of hydrogen-bond acceptors (Lipinski definition) is 3. The van der Waals surface area contributed by atoms with Gasteiger partial charge in [0.1, 0.15) is 0 Å². The number of nitrogens with one attached hydrogen (secondary N) is 2. The zero-order valence-corrected chi connectivity index (χ0v) is 15.7. The zero-order valence-electron chi connectivity index (χ0n) is 14.1. The molecule has 7 heteroatoms. The van der Waals surface area contributed by atoms with Crippen LogP contribution in [-0.2, 0) is 11.8 Å². The third-order valence-electron chi connectivity index (χ3n) is 3.82. The quantitative estimate of drug-likeness (QED) is 0.499. The van der Waals surface area contributed by atoms with E-state index in [4.69, 9.17) is 0 Å². The van der Waals surface area contributed by atoms with Crippen LogP contribution in [0.3, 0.4) is 0 Å². The third-order valence-corrected chi connectivity index (χ3v) is 4.31. The first-order valence-electron chi connectivity index (χ1n) is 7.94. The molecule has 6 nitrogen and oxygen atoms in total. The van der Waals surface area contributed by atoms with Gasteiger partial charge in [-0.2, -0.15) is 5.10 Å². The van der Waals surface area contributed by atoms with E-state index in [1.165, 1.54) is 0 Å². The van der Waals surface area contributed by atoms with Gasteiger partial charge in [-0.3, -0.25) is 9.59 Å². The molecule has 0 aliphatic rings. The minimum Gasteiger partial charge on any atom is -0.350 e. The Morgan fingerprint density at radius 1 is 1.19 bits per heavy atom. The number of hydrogen-bond donors (Lipinski definition) is 2. The summed E-state index contributed by atoms with van der Waals surface area (Å²) in [7, 11) is 1.95. The van der Waals surface area contributed by atoms with E-state index in [1.807, 2.05) is 48.1 Å². The molecule has 0 atom stereocenters. The average Bonchev–Trinajstić information content (AvgIpc) is 2.96. The highest BCUT2D eigenvalue weighted by Gasteiger charge is 2.08. The minimum absolute atomic E-state index is 0.155. The monoisotopic (exact) mass is 412 g/mol. The van der Waals surface area contributed by atoms with E-state index in [0.717, 1.165) is 20.9 Å². The lowest BCUT2D eigenvalue weighted by molar-refractivity contribution is -0.120. The summed E-state index contributed by atoms with van der Waals surface area (Å²) < 4.78 is 2.80. The van der Waals surface area contributed by atoms with Gasteiger partial charge in [-0.25, -0.2) is 5.43 Å². The van der Waals surface area contributed by atoms with Gasteiger partial charge in [0.05, 0.1) is 12.8 Å². The minimum atomic E-state index is -0.398. The van der Waals surface area contributed by atoms with Crippen molar-refractivity contribution in [2.45, 2.75) is 0 Å². The van der Waals surface area contributed by atoms with Crippen molar-refractivity contribution in [3.8, 4) is 0 Å². The van der Waals surface area contributed by atoms with Crippen molar-refractivity contribution < 1.29 is 9.59 Å². The summed E-state index contributed by atoms with van der Waals surface area (Å²) in [6, 6.07) is 14.9. The fourth-order valence-corrected chi connectivity index (χ4v) is 2.98. The maximum Gasteiger partial charge on any atom is 0.259 e. The second kappa shape index (κ2) is 7.97. The summed E-state index contributed by atoms with van der Waals surface area (Å²) in [6.45, 7) is -0.155. The van der Waals surface area contributed by atoms with Crippen molar-refractivity contribution >= 4 is 44.9 Å². The molecular formula is C19H17BrN4O2. The Labute approximate surface area is 159 Å². The molecule has 2 aromatic carbocycles. The van der Waals surface area contributed by atoms with Gasteiger partial charge in [0.15, 0.2) is 0 Å². The standard InChI is InChI=1S/C19H17BrN4O2/c1-24-12-14(16-7-2-3-8-17(16)24)10-22-23-18(25)11-21-19(26)13-5-4-6-15(20)9-13/h2-10,12H,11H2,1H3,(H,21,26)(H,23,25)/b22-10+. The molecule has 2 N–H and O–H groups in total. The van der Waals surface area contributed by atoms with Gasteiger partial charge in [-0.15, -0.1) is 0 Å². The summed E-state index contributed by atoms with van der Waals surface area (Å²) in [6.07, 6.45) is 3.53. The number of rotatable bonds is 5. The number of fused-ring (bicyclic) bond motifs is 1. The van der Waals surface area contributed by atoms with Crippen LogP contribution in [0.4, 0.5) is 0 Å². The van der Waals surface area contributed by atoms with E-state index in [0.29, 0.717) is 5.56 Å². The van der Waals surface area contributed by atoms with E-state index in [-0.39, 0.29) is 12.5 Å². The molecule has 1 aromatic heterocycles. The van der Waals surface area contributed by atoms with E-state index in [1.54, 1.807) is 24.4 Å². The maximum atomic E-state index is 12.0. The van der Waals surface area contributed by atoms with Gasteiger partial charge >= 0.3 is 0 Å². The number of aryl methyl sites for hydroxylation is 1. The van der Waals surface area contributed by atoms with Crippen LogP contribution in [0.25, 0.3) is 10.9 Å². The van der Waals surface area contributed by atoms with E-state index in [2.05, 4.69) is 31.8 Å². The Bertz CT molecular complexity index is 994. The molecule has 2 amide bonds. The third kappa shape index (κ3) is 4.18. The van der Waals surface area contributed by atoms with Crippen molar-refractivity contribution in [1.29, 1.82) is 0 Å². The van der Waals surface area contributed by atoms with Crippen molar-refractivity contribution in [3.63, 3.8) is 0 Å². The van der Waals surface area contributed by atoms with Gasteiger partial charge in [0.25, 0.3) is 11.8 Å². The molecule has 3 rings (SSSR count). The average molecular weight is 413 g/mol. The summed E-state index contributed by atoms with van der Waals surface area (Å²) in [5, 5.41) is 7.58. The number of carbonyl (C=O) groups is 2. The lowest BCUT2D eigenvalue weighted by atomic mass is 10.2. The Morgan fingerprint density at radius 2 is 2.00 bits per heavy atom. The number of nitrogens with zero attached hydrogens (tertiary/aromatic N) is 2. The number of aromatic nitrogens is 1. The molecule has 3 aromatic rings. The molecule has 0 saturated heterocycles. The first kappa shape index (κ1) is 17.9. The van der Waals surface area contributed by atoms with Gasteiger partial charge in [-0.1, -0.05) is 40.2 Å². The molecule has 0 fully saturated rings. The van der Waals surface area contributed by atoms with Crippen LogP contribution in [0.15, 0.2) is 64.3 Å². The topological polar surface area (TPSA) is 75.5 Å². The van der Waals surface area contributed by atoms with E-state index >= 15 is 0 Å². The first-order valence-corrected chi connectivity index (χ1v) is 8.73. The van der Waals surface area contributed by atoms with Crippen molar-refractivity contribution in [2.24, 2.45) is 12.1 Å². The summed E-state index contributed by atoms with van der Waals surface area (Å²) in [4.78, 5) is 23.8. The number of carbonyl (C=O) groups excluding carboxylic acids is 2. The van der Waals surface area contributed by atoms with Crippen molar-refractivity contribution in [3.05, 3.63) is 70.3 Å². The number of benzene rings is 2. The number of hydrazone groups is 1. The molecule has 26 heavy (non-hydrogen) atoms. The molecule has 0 aliphatic carbocycles. The lowest BCUT2D eigenvalue weighted by Crippen LogP contribution is -2.34. The maximum absolute atomic E-state index is 12.0. The Kier molecular flexibility index (Phi) is 5.48. The normalized spacial score (nSPS) is 11.0. The summed E-state index contributed by atoms with van der Waals surface area (Å²) in [5.41, 5.74) is 4.89. The molecule has 0 saturated carbocycles.